The molecular formula is C13H15ClF3N3O3. The van der Waals surface area contributed by atoms with Gasteiger partial charge in [0.15, 0.2) is 0 Å². The van der Waals surface area contributed by atoms with Crippen LogP contribution in [0.5, 0.6) is 0 Å². The van der Waals surface area contributed by atoms with Gasteiger partial charge >= 0.3 is 6.18 Å². The van der Waals surface area contributed by atoms with Gasteiger partial charge in [0.1, 0.15) is 0 Å². The number of non-ortho nitro benzene ring substituents is 1. The molecule has 1 aliphatic rings. The lowest BCUT2D eigenvalue weighted by Gasteiger charge is -2.22. The zero-order valence-electron chi connectivity index (χ0n) is 11.9. The van der Waals surface area contributed by atoms with Crippen LogP contribution in [0.3, 0.4) is 0 Å². The standard InChI is InChI=1S/C13H14F3N3O3.ClH/c14-13(15,16)10-6-9(19(21)22)3-4-11(10)18-12(20)8-2-1-5-17-7-8;/h3-4,6,8,17H,1-2,5,7H2,(H,18,20);1H. The lowest BCUT2D eigenvalue weighted by Crippen LogP contribution is -2.37. The van der Waals surface area contributed by atoms with Crippen LogP contribution in [-0.2, 0) is 11.0 Å². The molecule has 1 unspecified atom stereocenters. The first kappa shape index (κ1) is 19.2. The molecule has 1 amide bonds. The Bertz CT molecular complexity index is 590. The number of nitro groups is 1. The number of nitro benzene ring substituents is 1. The van der Waals surface area contributed by atoms with E-state index in [1.54, 1.807) is 0 Å². The van der Waals surface area contributed by atoms with Crippen LogP contribution in [-0.4, -0.2) is 23.9 Å². The molecule has 23 heavy (non-hydrogen) atoms. The van der Waals surface area contributed by atoms with Gasteiger partial charge in [-0.05, 0) is 25.5 Å². The summed E-state index contributed by atoms with van der Waals surface area (Å²) in [6, 6.07) is 2.27. The van der Waals surface area contributed by atoms with Gasteiger partial charge in [-0.1, -0.05) is 0 Å². The predicted octanol–water partition coefficient (Wildman–Crippen LogP) is 2.97. The Hall–Kier alpha value is -1.87. The lowest BCUT2D eigenvalue weighted by atomic mass is 9.98. The van der Waals surface area contributed by atoms with Crippen molar-refractivity contribution in [2.24, 2.45) is 5.92 Å². The molecule has 0 saturated carbocycles. The number of carbonyl (C=O) groups is 1. The van der Waals surface area contributed by atoms with Gasteiger partial charge in [-0.2, -0.15) is 13.2 Å². The van der Waals surface area contributed by atoms with Gasteiger partial charge in [0, 0.05) is 18.7 Å². The average Bonchev–Trinajstić information content (AvgIpc) is 2.47. The van der Waals surface area contributed by atoms with Crippen LogP contribution in [0.2, 0.25) is 0 Å². The SMILES string of the molecule is Cl.O=C(Nc1ccc([N+](=O)[O-])cc1C(F)(F)F)C1CCCNC1. The number of amides is 1. The molecule has 1 saturated heterocycles. The molecule has 1 aromatic carbocycles. The minimum Gasteiger partial charge on any atom is -0.325 e. The van der Waals surface area contributed by atoms with E-state index in [-0.39, 0.29) is 12.4 Å². The number of nitrogens with zero attached hydrogens (tertiary/aromatic N) is 1. The van der Waals surface area contributed by atoms with Crippen LogP contribution < -0.4 is 10.6 Å². The van der Waals surface area contributed by atoms with Crippen molar-refractivity contribution in [3.63, 3.8) is 0 Å². The Kier molecular flexibility index (Phi) is 6.34. The van der Waals surface area contributed by atoms with Crippen LogP contribution in [0.15, 0.2) is 18.2 Å². The molecule has 1 aromatic rings. The number of anilines is 1. The topological polar surface area (TPSA) is 84.3 Å². The van der Waals surface area contributed by atoms with E-state index in [2.05, 4.69) is 10.6 Å². The number of nitrogens with one attached hydrogen (secondary N) is 2. The highest BCUT2D eigenvalue weighted by Crippen LogP contribution is 2.37. The third-order valence-electron chi connectivity index (χ3n) is 3.44. The summed E-state index contributed by atoms with van der Waals surface area (Å²) in [5.74, 6) is -0.934. The van der Waals surface area contributed by atoms with E-state index in [9.17, 15) is 28.1 Å². The van der Waals surface area contributed by atoms with Crippen molar-refractivity contribution in [2.75, 3.05) is 18.4 Å². The molecule has 0 aromatic heterocycles. The molecule has 2 N–H and O–H groups in total. The second-order valence-electron chi connectivity index (χ2n) is 5.02. The maximum atomic E-state index is 13.0. The van der Waals surface area contributed by atoms with Gasteiger partial charge in [0.05, 0.1) is 22.1 Å². The summed E-state index contributed by atoms with van der Waals surface area (Å²) in [4.78, 5) is 21.7. The summed E-state index contributed by atoms with van der Waals surface area (Å²) in [6.07, 6.45) is -3.43. The quantitative estimate of drug-likeness (QED) is 0.646. The van der Waals surface area contributed by atoms with E-state index < -0.39 is 39.9 Å². The third kappa shape index (κ3) is 4.80. The van der Waals surface area contributed by atoms with Gasteiger partial charge in [0.2, 0.25) is 5.91 Å². The molecule has 0 bridgehead atoms. The number of alkyl halides is 3. The first-order valence-corrected chi connectivity index (χ1v) is 6.66. The molecule has 0 aliphatic carbocycles. The molecule has 6 nitrogen and oxygen atoms in total. The number of benzene rings is 1. The molecule has 0 radical (unpaired) electrons. The molecule has 10 heteroatoms. The summed E-state index contributed by atoms with van der Waals surface area (Å²) in [7, 11) is 0. The van der Waals surface area contributed by atoms with Crippen molar-refractivity contribution in [3.8, 4) is 0 Å². The van der Waals surface area contributed by atoms with Gasteiger partial charge in [-0.15, -0.1) is 12.4 Å². The van der Waals surface area contributed by atoms with Crippen molar-refractivity contribution in [3.05, 3.63) is 33.9 Å². The normalized spacial score (nSPS) is 18.0. The second-order valence-corrected chi connectivity index (χ2v) is 5.02. The largest absolute Gasteiger partial charge is 0.418 e. The molecule has 128 valence electrons. The zero-order chi connectivity index (χ0) is 16.3. The van der Waals surface area contributed by atoms with Gasteiger partial charge in [-0.25, -0.2) is 0 Å². The maximum absolute atomic E-state index is 13.0. The van der Waals surface area contributed by atoms with E-state index in [1.807, 2.05) is 0 Å². The number of rotatable bonds is 3. The van der Waals surface area contributed by atoms with E-state index in [1.165, 1.54) is 0 Å². The summed E-state index contributed by atoms with van der Waals surface area (Å²) in [5, 5.41) is 15.8. The monoisotopic (exact) mass is 353 g/mol. The Morgan fingerprint density at radius 2 is 2.09 bits per heavy atom. The summed E-state index contributed by atoms with van der Waals surface area (Å²) < 4.78 is 39.0. The van der Waals surface area contributed by atoms with Crippen LogP contribution in [0.1, 0.15) is 18.4 Å². The minimum atomic E-state index is -4.79. The van der Waals surface area contributed by atoms with Crippen LogP contribution in [0.4, 0.5) is 24.5 Å². The highest BCUT2D eigenvalue weighted by Gasteiger charge is 2.36. The first-order valence-electron chi connectivity index (χ1n) is 6.66. The van der Waals surface area contributed by atoms with E-state index in [0.717, 1.165) is 25.1 Å². The van der Waals surface area contributed by atoms with Crippen LogP contribution >= 0.6 is 12.4 Å². The Balaban J connectivity index is 0.00000264. The lowest BCUT2D eigenvalue weighted by molar-refractivity contribution is -0.385. The fraction of sp³-hybridized carbons (Fsp3) is 0.462. The van der Waals surface area contributed by atoms with Crippen molar-refractivity contribution < 1.29 is 22.9 Å². The molecule has 1 atom stereocenters. The van der Waals surface area contributed by atoms with Crippen molar-refractivity contribution in [2.45, 2.75) is 19.0 Å². The number of hydrogen-bond donors (Lipinski definition) is 2. The van der Waals surface area contributed by atoms with Gasteiger partial charge in [0.25, 0.3) is 5.69 Å². The number of halogens is 4. The van der Waals surface area contributed by atoms with E-state index in [4.69, 9.17) is 0 Å². The van der Waals surface area contributed by atoms with Crippen LogP contribution in [0, 0.1) is 16.0 Å². The average molecular weight is 354 g/mol. The Morgan fingerprint density at radius 1 is 1.39 bits per heavy atom. The second kappa shape index (κ2) is 7.60. The summed E-state index contributed by atoms with van der Waals surface area (Å²) in [5.41, 5.74) is -2.36. The highest BCUT2D eigenvalue weighted by molar-refractivity contribution is 5.93. The van der Waals surface area contributed by atoms with Crippen LogP contribution in [0.25, 0.3) is 0 Å². The first-order chi connectivity index (χ1) is 10.3. The van der Waals surface area contributed by atoms with Crippen molar-refractivity contribution >= 4 is 29.7 Å². The number of piperidine rings is 1. The van der Waals surface area contributed by atoms with E-state index >= 15 is 0 Å². The molecule has 2 rings (SSSR count). The van der Waals surface area contributed by atoms with E-state index in [0.29, 0.717) is 19.0 Å². The molecule has 1 fully saturated rings. The minimum absolute atomic E-state index is 0. The summed E-state index contributed by atoms with van der Waals surface area (Å²) >= 11 is 0. The van der Waals surface area contributed by atoms with Crippen molar-refractivity contribution in [1.82, 2.24) is 5.32 Å². The van der Waals surface area contributed by atoms with Gasteiger partial charge < -0.3 is 10.6 Å². The Morgan fingerprint density at radius 3 is 2.61 bits per heavy atom. The molecule has 0 spiro atoms. The third-order valence-corrected chi connectivity index (χ3v) is 3.44. The number of hydrogen-bond acceptors (Lipinski definition) is 4. The molecule has 1 aliphatic heterocycles. The predicted molar refractivity (Wildman–Crippen MR) is 79.6 cm³/mol. The number of carbonyl (C=O) groups excluding carboxylic acids is 1. The Labute approximate surface area is 136 Å². The summed E-state index contributed by atoms with van der Waals surface area (Å²) in [6.45, 7) is 1.18. The molecular weight excluding hydrogens is 339 g/mol. The fourth-order valence-electron chi connectivity index (χ4n) is 2.30. The zero-order valence-corrected chi connectivity index (χ0v) is 12.7. The smallest absolute Gasteiger partial charge is 0.325 e. The highest BCUT2D eigenvalue weighted by atomic mass is 35.5. The van der Waals surface area contributed by atoms with Gasteiger partial charge in [-0.3, -0.25) is 14.9 Å². The maximum Gasteiger partial charge on any atom is 0.418 e. The molecule has 1 heterocycles. The van der Waals surface area contributed by atoms with Crippen molar-refractivity contribution in [1.29, 1.82) is 0 Å². The fourth-order valence-corrected chi connectivity index (χ4v) is 2.30.